The minimum atomic E-state index is 0.199. The Hall–Kier alpha value is -1.20. The average molecular weight is 227 g/mol. The van der Waals surface area contributed by atoms with Crippen LogP contribution in [0.4, 0.5) is 0 Å². The van der Waals surface area contributed by atoms with Crippen molar-refractivity contribution in [1.82, 2.24) is 19.8 Å². The van der Waals surface area contributed by atoms with Crippen LogP contribution in [0.1, 0.15) is 18.7 Å². The molecular formula is C9H11ClN4O. The van der Waals surface area contributed by atoms with E-state index in [0.717, 1.165) is 25.1 Å². The molecule has 0 spiro atoms. The molecule has 2 aromatic heterocycles. The van der Waals surface area contributed by atoms with Crippen LogP contribution in [0, 0.1) is 0 Å². The van der Waals surface area contributed by atoms with Crippen molar-refractivity contribution in [3.8, 4) is 0 Å². The summed E-state index contributed by atoms with van der Waals surface area (Å²) in [5.41, 5.74) is 0.693. The van der Waals surface area contributed by atoms with E-state index in [0.29, 0.717) is 10.8 Å². The van der Waals surface area contributed by atoms with Gasteiger partial charge in [0.25, 0.3) is 0 Å². The van der Waals surface area contributed by atoms with Crippen LogP contribution in [0.15, 0.2) is 12.1 Å². The molecule has 0 unspecified atom stereocenters. The van der Waals surface area contributed by atoms with E-state index in [-0.39, 0.29) is 6.61 Å². The number of hydrogen-bond acceptors (Lipinski definition) is 4. The Balaban J connectivity index is 2.23. The van der Waals surface area contributed by atoms with Gasteiger partial charge in [0.1, 0.15) is 5.15 Å². The van der Waals surface area contributed by atoms with E-state index < -0.39 is 0 Å². The molecule has 0 bridgehead atoms. The SMILES string of the molecule is OCCCCc1nnc2ccc(Cl)nn12. The molecular weight excluding hydrogens is 216 g/mol. The Labute approximate surface area is 91.7 Å². The summed E-state index contributed by atoms with van der Waals surface area (Å²) in [4.78, 5) is 0. The molecule has 0 aliphatic carbocycles. The van der Waals surface area contributed by atoms with Gasteiger partial charge in [-0.15, -0.1) is 10.2 Å². The number of aromatic nitrogens is 4. The summed E-state index contributed by atoms with van der Waals surface area (Å²) in [6.07, 6.45) is 2.37. The van der Waals surface area contributed by atoms with Crippen molar-refractivity contribution in [2.75, 3.05) is 6.61 Å². The molecule has 0 saturated carbocycles. The van der Waals surface area contributed by atoms with Crippen LogP contribution >= 0.6 is 11.6 Å². The third-order valence-corrected chi connectivity index (χ3v) is 2.30. The third-order valence-electron chi connectivity index (χ3n) is 2.10. The predicted octanol–water partition coefficient (Wildman–Crippen LogP) is 1.09. The van der Waals surface area contributed by atoms with E-state index in [2.05, 4.69) is 15.3 Å². The molecule has 5 nitrogen and oxygen atoms in total. The van der Waals surface area contributed by atoms with Crippen molar-refractivity contribution >= 4 is 17.2 Å². The molecule has 2 rings (SSSR count). The van der Waals surface area contributed by atoms with Crippen LogP contribution in [-0.2, 0) is 6.42 Å². The Kier molecular flexibility index (Phi) is 3.13. The quantitative estimate of drug-likeness (QED) is 0.793. The Morgan fingerprint density at radius 3 is 2.93 bits per heavy atom. The van der Waals surface area contributed by atoms with Crippen LogP contribution in [0.3, 0.4) is 0 Å². The fourth-order valence-electron chi connectivity index (χ4n) is 1.36. The molecule has 80 valence electrons. The highest BCUT2D eigenvalue weighted by Crippen LogP contribution is 2.08. The van der Waals surface area contributed by atoms with Gasteiger partial charge in [-0.05, 0) is 25.0 Å². The van der Waals surface area contributed by atoms with Crippen molar-refractivity contribution < 1.29 is 5.11 Å². The number of rotatable bonds is 4. The fraction of sp³-hybridized carbons (Fsp3) is 0.444. The zero-order valence-electron chi connectivity index (χ0n) is 8.10. The average Bonchev–Trinajstić information content (AvgIpc) is 2.62. The molecule has 6 heteroatoms. The maximum atomic E-state index is 8.67. The first-order valence-corrected chi connectivity index (χ1v) is 5.17. The van der Waals surface area contributed by atoms with Crippen LogP contribution < -0.4 is 0 Å². The Morgan fingerprint density at radius 1 is 1.27 bits per heavy atom. The highest BCUT2D eigenvalue weighted by Gasteiger charge is 2.06. The number of halogens is 1. The number of aliphatic hydroxyl groups excluding tert-OH is 1. The van der Waals surface area contributed by atoms with Gasteiger partial charge in [-0.1, -0.05) is 11.6 Å². The Bertz CT molecular complexity index is 456. The van der Waals surface area contributed by atoms with Crippen molar-refractivity contribution in [3.05, 3.63) is 23.1 Å². The lowest BCUT2D eigenvalue weighted by atomic mass is 10.2. The molecule has 0 radical (unpaired) electrons. The first kappa shape index (κ1) is 10.3. The molecule has 2 aromatic rings. The van der Waals surface area contributed by atoms with Gasteiger partial charge >= 0.3 is 0 Å². The number of aliphatic hydroxyl groups is 1. The molecule has 0 atom stereocenters. The summed E-state index contributed by atoms with van der Waals surface area (Å²) >= 11 is 5.78. The van der Waals surface area contributed by atoms with Crippen molar-refractivity contribution in [2.45, 2.75) is 19.3 Å². The minimum absolute atomic E-state index is 0.199. The summed E-state index contributed by atoms with van der Waals surface area (Å²) < 4.78 is 1.64. The molecule has 15 heavy (non-hydrogen) atoms. The third kappa shape index (κ3) is 2.24. The van der Waals surface area contributed by atoms with Gasteiger partial charge in [0.05, 0.1) is 0 Å². The van der Waals surface area contributed by atoms with E-state index in [9.17, 15) is 0 Å². The number of fused-ring (bicyclic) bond motifs is 1. The van der Waals surface area contributed by atoms with E-state index >= 15 is 0 Å². The minimum Gasteiger partial charge on any atom is -0.396 e. The second-order valence-corrected chi connectivity index (χ2v) is 3.61. The van der Waals surface area contributed by atoms with Gasteiger partial charge in [-0.25, -0.2) is 0 Å². The molecule has 0 aromatic carbocycles. The lowest BCUT2D eigenvalue weighted by Crippen LogP contribution is -1.99. The number of hydrogen-bond donors (Lipinski definition) is 1. The number of unbranched alkanes of at least 4 members (excludes halogenated alkanes) is 1. The number of aryl methyl sites for hydroxylation is 1. The topological polar surface area (TPSA) is 63.3 Å². The van der Waals surface area contributed by atoms with E-state index in [1.807, 2.05) is 0 Å². The standard InChI is InChI=1S/C9H11ClN4O/c10-7-4-5-9-12-11-8(14(9)13-7)3-1-2-6-15/h4-5,15H,1-3,6H2. The molecule has 0 saturated heterocycles. The molecule has 1 N–H and O–H groups in total. The van der Waals surface area contributed by atoms with Gasteiger partial charge < -0.3 is 5.11 Å². The predicted molar refractivity (Wildman–Crippen MR) is 55.8 cm³/mol. The first-order valence-electron chi connectivity index (χ1n) is 4.79. The lowest BCUT2D eigenvalue weighted by molar-refractivity contribution is 0.284. The normalized spacial score (nSPS) is 11.1. The highest BCUT2D eigenvalue weighted by molar-refractivity contribution is 6.29. The van der Waals surface area contributed by atoms with Crippen LogP contribution in [0.5, 0.6) is 0 Å². The number of nitrogens with zero attached hydrogens (tertiary/aromatic N) is 4. The molecule has 0 aliphatic rings. The van der Waals surface area contributed by atoms with Gasteiger partial charge in [0.2, 0.25) is 0 Å². The second-order valence-electron chi connectivity index (χ2n) is 3.22. The van der Waals surface area contributed by atoms with Crippen LogP contribution in [0.2, 0.25) is 5.15 Å². The zero-order valence-corrected chi connectivity index (χ0v) is 8.85. The lowest BCUT2D eigenvalue weighted by Gasteiger charge is -1.98. The molecule has 0 amide bonds. The van der Waals surface area contributed by atoms with Crippen molar-refractivity contribution in [1.29, 1.82) is 0 Å². The summed E-state index contributed by atoms with van der Waals surface area (Å²) in [5, 5.41) is 21.2. The summed E-state index contributed by atoms with van der Waals surface area (Å²) in [7, 11) is 0. The monoisotopic (exact) mass is 226 g/mol. The molecule has 2 heterocycles. The van der Waals surface area contributed by atoms with E-state index in [1.165, 1.54) is 0 Å². The summed E-state index contributed by atoms with van der Waals surface area (Å²) in [6, 6.07) is 3.46. The van der Waals surface area contributed by atoms with Gasteiger partial charge in [0.15, 0.2) is 11.5 Å². The molecule has 0 fully saturated rings. The van der Waals surface area contributed by atoms with Crippen molar-refractivity contribution in [3.63, 3.8) is 0 Å². The van der Waals surface area contributed by atoms with Crippen molar-refractivity contribution in [2.24, 2.45) is 0 Å². The van der Waals surface area contributed by atoms with Crippen LogP contribution in [0.25, 0.3) is 5.65 Å². The van der Waals surface area contributed by atoms with Crippen LogP contribution in [-0.4, -0.2) is 31.5 Å². The zero-order chi connectivity index (χ0) is 10.7. The fourth-order valence-corrected chi connectivity index (χ4v) is 1.50. The Morgan fingerprint density at radius 2 is 2.13 bits per heavy atom. The van der Waals surface area contributed by atoms with Gasteiger partial charge in [0, 0.05) is 13.0 Å². The largest absolute Gasteiger partial charge is 0.396 e. The smallest absolute Gasteiger partial charge is 0.178 e. The van der Waals surface area contributed by atoms with Gasteiger partial charge in [-0.3, -0.25) is 0 Å². The second kappa shape index (κ2) is 4.55. The molecule has 0 aliphatic heterocycles. The van der Waals surface area contributed by atoms with E-state index in [1.54, 1.807) is 16.6 Å². The van der Waals surface area contributed by atoms with E-state index in [4.69, 9.17) is 16.7 Å². The maximum Gasteiger partial charge on any atom is 0.178 e. The highest BCUT2D eigenvalue weighted by atomic mass is 35.5. The first-order chi connectivity index (χ1) is 7.31. The summed E-state index contributed by atoms with van der Waals surface area (Å²) in [6.45, 7) is 0.199. The maximum absolute atomic E-state index is 8.67. The summed E-state index contributed by atoms with van der Waals surface area (Å²) in [5.74, 6) is 0.779. The van der Waals surface area contributed by atoms with Gasteiger partial charge in [-0.2, -0.15) is 9.61 Å².